The van der Waals surface area contributed by atoms with E-state index in [1.54, 1.807) is 0 Å². The maximum atomic E-state index is 10.8. The molecule has 0 heterocycles. The summed E-state index contributed by atoms with van der Waals surface area (Å²) in [7, 11) is 0. The van der Waals surface area contributed by atoms with Gasteiger partial charge in [0.1, 0.15) is 0 Å². The molecular formula is C11H22O7. The van der Waals surface area contributed by atoms with Crippen molar-refractivity contribution in [2.24, 2.45) is 0 Å². The Hall–Kier alpha value is -0.890. The molecule has 7 nitrogen and oxygen atoms in total. The summed E-state index contributed by atoms with van der Waals surface area (Å²) in [5.74, 6) is 0. The molecular weight excluding hydrogens is 244 g/mol. The van der Waals surface area contributed by atoms with Crippen molar-refractivity contribution in [2.75, 3.05) is 13.2 Å². The second kappa shape index (κ2) is 14.2. The third kappa shape index (κ3) is 13.2. The number of carbonyl (C=O) groups excluding carboxylic acids is 1. The Morgan fingerprint density at radius 3 is 1.61 bits per heavy atom. The smallest absolute Gasteiger partial charge is 0.226 e. The molecule has 108 valence electrons. The van der Waals surface area contributed by atoms with Gasteiger partial charge in [-0.05, 0) is 22.9 Å². The number of rotatable bonds is 12. The van der Waals surface area contributed by atoms with Crippen molar-refractivity contribution in [3.63, 3.8) is 0 Å². The first-order chi connectivity index (χ1) is 8.81. The highest BCUT2D eigenvalue weighted by molar-refractivity contribution is 5.57. The van der Waals surface area contributed by atoms with Crippen molar-refractivity contribution in [1.29, 1.82) is 0 Å². The minimum atomic E-state index is -1.19. The lowest BCUT2D eigenvalue weighted by Gasteiger charge is -2.02. The van der Waals surface area contributed by atoms with E-state index in [1.807, 2.05) is 0 Å². The molecule has 0 bridgehead atoms. The molecule has 0 atom stereocenters. The van der Waals surface area contributed by atoms with Crippen LogP contribution in [0.1, 0.15) is 52.4 Å². The average Bonchev–Trinajstić information content (AvgIpc) is 2.38. The summed E-state index contributed by atoms with van der Waals surface area (Å²) in [6, 6.07) is 0. The first-order valence-corrected chi connectivity index (χ1v) is 6.27. The van der Waals surface area contributed by atoms with Crippen LogP contribution in [0.25, 0.3) is 0 Å². The van der Waals surface area contributed by atoms with Gasteiger partial charge in [0.2, 0.25) is 0 Å². The Morgan fingerprint density at radius 2 is 1.22 bits per heavy atom. The van der Waals surface area contributed by atoms with Crippen LogP contribution in [0.2, 0.25) is 0 Å². The molecule has 0 aliphatic carbocycles. The van der Waals surface area contributed by atoms with Crippen molar-refractivity contribution in [3.8, 4) is 0 Å². The number of carbonyl (C=O) groups is 1. The minimum Gasteiger partial charge on any atom is -0.226 e. The number of hydrogen-bond acceptors (Lipinski definition) is 7. The number of hydrogen-bond donors (Lipinski definition) is 0. The Labute approximate surface area is 107 Å². The molecule has 0 N–H and O–H groups in total. The van der Waals surface area contributed by atoms with Gasteiger partial charge in [0.05, 0.1) is 13.2 Å². The molecule has 0 aliphatic rings. The fourth-order valence-electron chi connectivity index (χ4n) is 1.01. The number of unbranched alkanes of at least 4 members (excludes halogenated alkanes) is 4. The largest absolute Gasteiger partial charge is 0.577 e. The highest BCUT2D eigenvalue weighted by Gasteiger charge is 2.07. The summed E-state index contributed by atoms with van der Waals surface area (Å²) in [5, 5.41) is 8.25. The van der Waals surface area contributed by atoms with E-state index in [1.165, 1.54) is 0 Å². The van der Waals surface area contributed by atoms with Gasteiger partial charge in [-0.1, -0.05) is 39.5 Å². The fourth-order valence-corrected chi connectivity index (χ4v) is 1.01. The van der Waals surface area contributed by atoms with Gasteiger partial charge in [-0.15, -0.1) is 0 Å². The van der Waals surface area contributed by atoms with E-state index >= 15 is 0 Å². The van der Waals surface area contributed by atoms with Gasteiger partial charge < -0.3 is 0 Å². The highest BCUT2D eigenvalue weighted by Crippen LogP contribution is 1.97. The predicted octanol–water partition coefficient (Wildman–Crippen LogP) is 3.25. The maximum absolute atomic E-state index is 10.8. The van der Waals surface area contributed by atoms with Crippen LogP contribution in [0.5, 0.6) is 0 Å². The van der Waals surface area contributed by atoms with Crippen molar-refractivity contribution < 1.29 is 34.4 Å². The van der Waals surface area contributed by atoms with E-state index in [0.29, 0.717) is 13.2 Å². The molecule has 0 saturated heterocycles. The van der Waals surface area contributed by atoms with Gasteiger partial charge in [-0.25, -0.2) is 9.78 Å². The second-order valence-corrected chi connectivity index (χ2v) is 3.61. The van der Waals surface area contributed by atoms with Gasteiger partial charge in [0.25, 0.3) is 0 Å². The fraction of sp³-hybridized carbons (Fsp3) is 0.909. The van der Waals surface area contributed by atoms with Crippen LogP contribution < -0.4 is 0 Å². The van der Waals surface area contributed by atoms with E-state index in [-0.39, 0.29) is 0 Å². The summed E-state index contributed by atoms with van der Waals surface area (Å²) >= 11 is 0. The maximum Gasteiger partial charge on any atom is 0.577 e. The standard InChI is InChI=1S/C11H22O7/c1-3-5-7-9-13-17-15-11(12)16-18-14-10-8-6-4-2/h3-10H2,1-2H3. The van der Waals surface area contributed by atoms with Crippen LogP contribution in [0.4, 0.5) is 4.79 Å². The molecule has 0 spiro atoms. The Balaban J connectivity index is 3.12. The molecule has 0 unspecified atom stereocenters. The van der Waals surface area contributed by atoms with Crippen molar-refractivity contribution >= 4 is 6.16 Å². The Morgan fingerprint density at radius 1 is 0.778 bits per heavy atom. The molecule has 7 heteroatoms. The van der Waals surface area contributed by atoms with E-state index < -0.39 is 6.16 Å². The summed E-state index contributed by atoms with van der Waals surface area (Å²) in [6.45, 7) is 4.81. The molecule has 0 amide bonds. The summed E-state index contributed by atoms with van der Waals surface area (Å²) < 4.78 is 0. The van der Waals surface area contributed by atoms with Gasteiger partial charge in [0, 0.05) is 0 Å². The van der Waals surface area contributed by atoms with Crippen molar-refractivity contribution in [3.05, 3.63) is 0 Å². The van der Waals surface area contributed by atoms with Crippen LogP contribution in [-0.4, -0.2) is 19.4 Å². The van der Waals surface area contributed by atoms with Crippen LogP contribution in [-0.2, 0) is 29.6 Å². The third-order valence-electron chi connectivity index (χ3n) is 1.96. The normalized spacial score (nSPS) is 10.3. The molecule has 0 aromatic heterocycles. The third-order valence-corrected chi connectivity index (χ3v) is 1.96. The quantitative estimate of drug-likeness (QED) is 0.305. The minimum absolute atomic E-state index is 0.343. The molecule has 0 aliphatic heterocycles. The lowest BCUT2D eigenvalue weighted by molar-refractivity contribution is -0.527. The monoisotopic (exact) mass is 266 g/mol. The molecule has 0 radical (unpaired) electrons. The van der Waals surface area contributed by atoms with Crippen LogP contribution in [0.3, 0.4) is 0 Å². The van der Waals surface area contributed by atoms with E-state index in [9.17, 15) is 4.79 Å². The molecule has 0 rings (SSSR count). The molecule has 0 aromatic carbocycles. The first kappa shape index (κ1) is 17.1. The SMILES string of the molecule is CCCCCOOOC(=O)OOOCCCCC. The zero-order valence-corrected chi connectivity index (χ0v) is 11.0. The summed E-state index contributed by atoms with van der Waals surface area (Å²) in [6.07, 6.45) is 4.62. The van der Waals surface area contributed by atoms with Crippen molar-refractivity contribution in [2.45, 2.75) is 52.4 Å². The molecule has 18 heavy (non-hydrogen) atoms. The topological polar surface area (TPSA) is 72.5 Å². The summed E-state index contributed by atoms with van der Waals surface area (Å²) in [4.78, 5) is 28.0. The lowest BCUT2D eigenvalue weighted by atomic mass is 10.3. The highest BCUT2D eigenvalue weighted by atomic mass is 17.6. The van der Waals surface area contributed by atoms with Crippen molar-refractivity contribution in [1.82, 2.24) is 0 Å². The molecule has 0 fully saturated rings. The zero-order valence-electron chi connectivity index (χ0n) is 11.0. The van der Waals surface area contributed by atoms with E-state index in [2.05, 4.69) is 43.5 Å². The van der Waals surface area contributed by atoms with Crippen LogP contribution in [0.15, 0.2) is 0 Å². The van der Waals surface area contributed by atoms with Crippen LogP contribution >= 0.6 is 0 Å². The first-order valence-electron chi connectivity index (χ1n) is 6.27. The van der Waals surface area contributed by atoms with Gasteiger partial charge in [-0.2, -0.15) is 14.6 Å². The van der Waals surface area contributed by atoms with Gasteiger partial charge in [0.15, 0.2) is 0 Å². The molecule has 0 aromatic rings. The van der Waals surface area contributed by atoms with Gasteiger partial charge in [-0.3, -0.25) is 0 Å². The molecule has 0 saturated carbocycles. The van der Waals surface area contributed by atoms with E-state index in [4.69, 9.17) is 0 Å². The Kier molecular flexibility index (Phi) is 13.5. The summed E-state index contributed by atoms with van der Waals surface area (Å²) in [5.41, 5.74) is 0. The van der Waals surface area contributed by atoms with Crippen LogP contribution in [0, 0.1) is 0 Å². The zero-order chi connectivity index (χ0) is 13.5. The average molecular weight is 266 g/mol. The Bertz CT molecular complexity index is 168. The van der Waals surface area contributed by atoms with E-state index in [0.717, 1.165) is 38.5 Å². The predicted molar refractivity (Wildman–Crippen MR) is 60.7 cm³/mol. The van der Waals surface area contributed by atoms with Gasteiger partial charge >= 0.3 is 6.16 Å². The second-order valence-electron chi connectivity index (χ2n) is 3.61. The lowest BCUT2D eigenvalue weighted by Crippen LogP contribution is -2.10.